The molecule has 0 saturated carbocycles. The van der Waals surface area contributed by atoms with E-state index in [4.69, 9.17) is 9.15 Å². The fourth-order valence-electron chi connectivity index (χ4n) is 3.04. The lowest BCUT2D eigenvalue weighted by molar-refractivity contribution is -0.145. The van der Waals surface area contributed by atoms with Crippen molar-refractivity contribution in [2.45, 2.75) is 13.5 Å². The molecule has 150 valence electrons. The summed E-state index contributed by atoms with van der Waals surface area (Å²) in [6.45, 7) is 2.16. The van der Waals surface area contributed by atoms with E-state index < -0.39 is 17.7 Å². The second kappa shape index (κ2) is 9.19. The lowest BCUT2D eigenvalue weighted by atomic mass is 10.1. The maximum absolute atomic E-state index is 14.0. The Kier molecular flexibility index (Phi) is 6.44. The van der Waals surface area contributed by atoms with Gasteiger partial charge in [-0.05, 0) is 29.8 Å². The van der Waals surface area contributed by atoms with Crippen LogP contribution >= 0.6 is 0 Å². The fraction of sp³-hybridized carbons (Fsp3) is 0.217. The summed E-state index contributed by atoms with van der Waals surface area (Å²) < 4.78 is 24.5. The van der Waals surface area contributed by atoms with Crippen molar-refractivity contribution in [1.82, 2.24) is 4.90 Å². The standard InChI is InChI=1S/C23H22FNO4/c1-16(23(27)28-2)14-25(15-17-8-4-3-5-9-17)22(26)21-13-12-20(29-21)18-10-6-7-11-19(18)24/h3-13,16H,14-15H2,1-2H3/t16-/m0/s1. The van der Waals surface area contributed by atoms with E-state index in [-0.39, 0.29) is 29.5 Å². The Labute approximate surface area is 168 Å². The smallest absolute Gasteiger partial charge is 0.310 e. The second-order valence-corrected chi connectivity index (χ2v) is 6.74. The maximum Gasteiger partial charge on any atom is 0.310 e. The van der Waals surface area contributed by atoms with E-state index in [1.54, 1.807) is 31.2 Å². The molecule has 1 atom stereocenters. The molecule has 1 aromatic heterocycles. The van der Waals surface area contributed by atoms with E-state index in [0.717, 1.165) is 5.56 Å². The minimum absolute atomic E-state index is 0.0799. The first kappa shape index (κ1) is 20.3. The number of ether oxygens (including phenoxy) is 1. The molecule has 0 aliphatic carbocycles. The van der Waals surface area contributed by atoms with Gasteiger partial charge in [0.25, 0.3) is 5.91 Å². The lowest BCUT2D eigenvalue weighted by Crippen LogP contribution is -2.36. The quantitative estimate of drug-likeness (QED) is 0.551. The molecule has 0 saturated heterocycles. The van der Waals surface area contributed by atoms with Crippen molar-refractivity contribution >= 4 is 11.9 Å². The van der Waals surface area contributed by atoms with Crippen LogP contribution in [-0.2, 0) is 16.1 Å². The number of carbonyl (C=O) groups excluding carboxylic acids is 2. The number of hydrogen-bond donors (Lipinski definition) is 0. The van der Waals surface area contributed by atoms with E-state index >= 15 is 0 Å². The van der Waals surface area contributed by atoms with Crippen LogP contribution in [0.1, 0.15) is 23.0 Å². The Morgan fingerprint density at radius 2 is 1.72 bits per heavy atom. The molecule has 1 heterocycles. The van der Waals surface area contributed by atoms with Crippen LogP contribution in [0.5, 0.6) is 0 Å². The zero-order chi connectivity index (χ0) is 20.8. The number of furan rings is 1. The summed E-state index contributed by atoms with van der Waals surface area (Å²) in [5.41, 5.74) is 1.20. The molecular weight excluding hydrogens is 373 g/mol. The topological polar surface area (TPSA) is 59.8 Å². The summed E-state index contributed by atoms with van der Waals surface area (Å²) in [5.74, 6) is -1.37. The van der Waals surface area contributed by atoms with Gasteiger partial charge in [0.15, 0.2) is 5.76 Å². The van der Waals surface area contributed by atoms with Gasteiger partial charge < -0.3 is 14.1 Å². The van der Waals surface area contributed by atoms with Crippen LogP contribution in [0.25, 0.3) is 11.3 Å². The minimum Gasteiger partial charge on any atom is -0.469 e. The molecule has 3 aromatic rings. The predicted octanol–water partition coefficient (Wildman–Crippen LogP) is 4.54. The highest BCUT2D eigenvalue weighted by Gasteiger charge is 2.25. The van der Waals surface area contributed by atoms with Crippen LogP contribution in [0.4, 0.5) is 4.39 Å². The largest absolute Gasteiger partial charge is 0.469 e. The van der Waals surface area contributed by atoms with Crippen LogP contribution in [0, 0.1) is 11.7 Å². The minimum atomic E-state index is -0.506. The zero-order valence-corrected chi connectivity index (χ0v) is 16.3. The highest BCUT2D eigenvalue weighted by atomic mass is 19.1. The monoisotopic (exact) mass is 395 g/mol. The van der Waals surface area contributed by atoms with E-state index in [0.29, 0.717) is 6.54 Å². The molecule has 0 spiro atoms. The van der Waals surface area contributed by atoms with Gasteiger partial charge in [-0.15, -0.1) is 0 Å². The van der Waals surface area contributed by atoms with E-state index in [2.05, 4.69) is 0 Å². The van der Waals surface area contributed by atoms with Crippen molar-refractivity contribution in [3.63, 3.8) is 0 Å². The molecule has 1 amide bonds. The zero-order valence-electron chi connectivity index (χ0n) is 16.3. The number of carbonyl (C=O) groups is 2. The molecule has 3 rings (SSSR count). The van der Waals surface area contributed by atoms with Gasteiger partial charge in [-0.25, -0.2) is 4.39 Å². The number of benzene rings is 2. The summed E-state index contributed by atoms with van der Waals surface area (Å²) in [6.07, 6.45) is 0. The van der Waals surface area contributed by atoms with Gasteiger partial charge in [-0.3, -0.25) is 9.59 Å². The van der Waals surface area contributed by atoms with Gasteiger partial charge >= 0.3 is 5.97 Å². The highest BCUT2D eigenvalue weighted by molar-refractivity contribution is 5.92. The van der Waals surface area contributed by atoms with Crippen LogP contribution in [-0.4, -0.2) is 30.4 Å². The molecule has 0 aliphatic rings. The SMILES string of the molecule is COC(=O)[C@@H](C)CN(Cc1ccccc1)C(=O)c1ccc(-c2ccccc2F)o1. The Balaban J connectivity index is 1.86. The summed E-state index contributed by atoms with van der Waals surface area (Å²) in [5, 5.41) is 0. The van der Waals surface area contributed by atoms with Crippen LogP contribution in [0.3, 0.4) is 0 Å². The van der Waals surface area contributed by atoms with Gasteiger partial charge in [-0.1, -0.05) is 49.4 Å². The third-order valence-electron chi connectivity index (χ3n) is 4.56. The third-order valence-corrected chi connectivity index (χ3v) is 4.56. The van der Waals surface area contributed by atoms with Crippen molar-refractivity contribution in [2.75, 3.05) is 13.7 Å². The van der Waals surface area contributed by atoms with Crippen LogP contribution < -0.4 is 0 Å². The number of methoxy groups -OCH3 is 1. The third kappa shape index (κ3) is 4.90. The Morgan fingerprint density at radius 1 is 1.03 bits per heavy atom. The molecule has 6 heteroatoms. The molecule has 0 fully saturated rings. The predicted molar refractivity (Wildman–Crippen MR) is 106 cm³/mol. The molecule has 0 N–H and O–H groups in total. The molecule has 2 aromatic carbocycles. The summed E-state index contributed by atoms with van der Waals surface area (Å²) in [4.78, 5) is 26.5. The molecule has 0 unspecified atom stereocenters. The van der Waals surface area contributed by atoms with Crippen molar-refractivity contribution in [3.05, 3.63) is 83.9 Å². The fourth-order valence-corrected chi connectivity index (χ4v) is 3.04. The van der Waals surface area contributed by atoms with Crippen LogP contribution in [0.2, 0.25) is 0 Å². The number of esters is 1. The average molecular weight is 395 g/mol. The first-order chi connectivity index (χ1) is 14.0. The summed E-state index contributed by atoms with van der Waals surface area (Å²) >= 11 is 0. The number of hydrogen-bond acceptors (Lipinski definition) is 4. The number of amides is 1. The first-order valence-corrected chi connectivity index (χ1v) is 9.25. The molecule has 0 aliphatic heterocycles. The van der Waals surface area contributed by atoms with Gasteiger partial charge in [-0.2, -0.15) is 0 Å². The first-order valence-electron chi connectivity index (χ1n) is 9.25. The van der Waals surface area contributed by atoms with Gasteiger partial charge in [0, 0.05) is 13.1 Å². The molecule has 0 bridgehead atoms. The van der Waals surface area contributed by atoms with Crippen molar-refractivity contribution in [1.29, 1.82) is 0 Å². The summed E-state index contributed by atoms with van der Waals surface area (Å²) in [7, 11) is 1.31. The maximum atomic E-state index is 14.0. The molecule has 29 heavy (non-hydrogen) atoms. The van der Waals surface area contributed by atoms with Gasteiger partial charge in [0.05, 0.1) is 18.6 Å². The Morgan fingerprint density at radius 3 is 2.41 bits per heavy atom. The molecular formula is C23H22FNO4. The normalized spacial score (nSPS) is 11.7. The average Bonchev–Trinajstić information content (AvgIpc) is 3.23. The van der Waals surface area contributed by atoms with Crippen molar-refractivity contribution in [2.24, 2.45) is 5.92 Å². The number of nitrogens with zero attached hydrogens (tertiary/aromatic N) is 1. The van der Waals surface area contributed by atoms with Crippen LogP contribution in [0.15, 0.2) is 71.1 Å². The van der Waals surface area contributed by atoms with E-state index in [1.165, 1.54) is 24.1 Å². The summed E-state index contributed by atoms with van der Waals surface area (Å²) in [6, 6.07) is 18.7. The van der Waals surface area contributed by atoms with E-state index in [1.807, 2.05) is 30.3 Å². The Bertz CT molecular complexity index is 983. The molecule has 5 nitrogen and oxygen atoms in total. The molecule has 0 radical (unpaired) electrons. The highest BCUT2D eigenvalue weighted by Crippen LogP contribution is 2.26. The second-order valence-electron chi connectivity index (χ2n) is 6.74. The van der Waals surface area contributed by atoms with Gasteiger partial charge in [0.2, 0.25) is 0 Å². The lowest BCUT2D eigenvalue weighted by Gasteiger charge is -2.24. The Hall–Kier alpha value is -3.41. The number of halogens is 1. The van der Waals surface area contributed by atoms with Gasteiger partial charge in [0.1, 0.15) is 11.6 Å². The van der Waals surface area contributed by atoms with E-state index in [9.17, 15) is 14.0 Å². The number of rotatable bonds is 7. The van der Waals surface area contributed by atoms with Crippen molar-refractivity contribution < 1.29 is 23.1 Å². The van der Waals surface area contributed by atoms with Crippen molar-refractivity contribution in [3.8, 4) is 11.3 Å².